The number of morpholine rings is 1. The smallest absolute Gasteiger partial charge is 0.240 e. The molecule has 0 radical (unpaired) electrons. The molecule has 1 aromatic heterocycles. The second-order valence-electron chi connectivity index (χ2n) is 5.83. The fourth-order valence-electron chi connectivity index (χ4n) is 2.77. The van der Waals surface area contributed by atoms with Gasteiger partial charge in [0.1, 0.15) is 0 Å². The second kappa shape index (κ2) is 4.61. The summed E-state index contributed by atoms with van der Waals surface area (Å²) in [4.78, 5) is 21.8. The van der Waals surface area contributed by atoms with Crippen molar-refractivity contribution in [3.05, 3.63) is 17.7 Å². The van der Waals surface area contributed by atoms with E-state index in [4.69, 9.17) is 4.74 Å². The van der Waals surface area contributed by atoms with E-state index in [0.717, 1.165) is 11.4 Å². The Bertz CT molecular complexity index is 483. The zero-order valence-electron chi connectivity index (χ0n) is 11.4. The van der Waals surface area contributed by atoms with E-state index in [-0.39, 0.29) is 17.6 Å². The minimum atomic E-state index is -0.250. The fourth-order valence-corrected chi connectivity index (χ4v) is 2.77. The van der Waals surface area contributed by atoms with E-state index in [1.165, 1.54) is 0 Å². The molecule has 1 aromatic rings. The monoisotopic (exact) mass is 264 g/mol. The van der Waals surface area contributed by atoms with E-state index < -0.39 is 0 Å². The first-order valence-electron chi connectivity index (χ1n) is 6.72. The zero-order valence-corrected chi connectivity index (χ0v) is 11.4. The number of hydrogen-bond donors (Lipinski definition) is 2. The number of aromatic amines is 1. The Balaban J connectivity index is 1.68. The topological polar surface area (TPSA) is 70.2 Å². The quantitative estimate of drug-likeness (QED) is 0.752. The number of carbonyl (C=O) groups excluding carboxylic acids is 1. The lowest BCUT2D eigenvalue weighted by molar-refractivity contribution is -0.148. The maximum atomic E-state index is 12.5. The van der Waals surface area contributed by atoms with Crippen LogP contribution in [0.4, 0.5) is 0 Å². The summed E-state index contributed by atoms with van der Waals surface area (Å²) in [5, 5.41) is 3.28. The normalized spacial score (nSPS) is 26.0. The molecule has 0 aromatic carbocycles. The standard InChI is InChI=1S/C13H20N4O2/c1-13(2)7-17(3-4-19-13)12(18)10-5-9-11(6-14-10)16-8-15-9/h8,10,14H,3-7H2,1-2H3,(H,15,16). The van der Waals surface area contributed by atoms with Crippen LogP contribution in [0.3, 0.4) is 0 Å². The molecule has 19 heavy (non-hydrogen) atoms. The number of ether oxygens (including phenoxy) is 1. The Labute approximate surface area is 112 Å². The van der Waals surface area contributed by atoms with Crippen molar-refractivity contribution in [2.24, 2.45) is 0 Å². The number of fused-ring (bicyclic) bond motifs is 1. The van der Waals surface area contributed by atoms with Crippen LogP contribution < -0.4 is 5.32 Å². The van der Waals surface area contributed by atoms with Crippen LogP contribution in [0.5, 0.6) is 0 Å². The van der Waals surface area contributed by atoms with Gasteiger partial charge in [0.2, 0.25) is 5.91 Å². The molecule has 3 heterocycles. The van der Waals surface area contributed by atoms with Gasteiger partial charge in [0, 0.05) is 26.1 Å². The summed E-state index contributed by atoms with van der Waals surface area (Å²) in [5.74, 6) is 0.157. The van der Waals surface area contributed by atoms with Crippen molar-refractivity contribution in [3.63, 3.8) is 0 Å². The number of nitrogens with zero attached hydrogens (tertiary/aromatic N) is 2. The van der Waals surface area contributed by atoms with Crippen molar-refractivity contribution in [2.75, 3.05) is 19.7 Å². The van der Waals surface area contributed by atoms with Crippen LogP contribution in [0.15, 0.2) is 6.33 Å². The summed E-state index contributed by atoms with van der Waals surface area (Å²) >= 11 is 0. The van der Waals surface area contributed by atoms with Crippen molar-refractivity contribution in [1.82, 2.24) is 20.2 Å². The van der Waals surface area contributed by atoms with E-state index in [1.807, 2.05) is 18.7 Å². The van der Waals surface area contributed by atoms with E-state index >= 15 is 0 Å². The van der Waals surface area contributed by atoms with Gasteiger partial charge < -0.3 is 14.6 Å². The molecule has 104 valence electrons. The Morgan fingerprint density at radius 1 is 1.58 bits per heavy atom. The fraction of sp³-hybridized carbons (Fsp3) is 0.692. The third-order valence-electron chi connectivity index (χ3n) is 3.77. The molecule has 1 amide bonds. The van der Waals surface area contributed by atoms with Crippen LogP contribution in [0.25, 0.3) is 0 Å². The van der Waals surface area contributed by atoms with Crippen LogP contribution in [0.2, 0.25) is 0 Å². The van der Waals surface area contributed by atoms with Gasteiger partial charge in [-0.3, -0.25) is 10.1 Å². The molecule has 0 aliphatic carbocycles. The number of rotatable bonds is 1. The zero-order chi connectivity index (χ0) is 13.5. The first-order valence-corrected chi connectivity index (χ1v) is 6.72. The Morgan fingerprint density at radius 2 is 2.42 bits per heavy atom. The molecule has 0 bridgehead atoms. The van der Waals surface area contributed by atoms with Gasteiger partial charge in [0.25, 0.3) is 0 Å². The lowest BCUT2D eigenvalue weighted by Crippen LogP contribution is -2.56. The highest BCUT2D eigenvalue weighted by atomic mass is 16.5. The number of amides is 1. The molecule has 1 fully saturated rings. The molecule has 6 heteroatoms. The molecule has 3 rings (SSSR count). The number of carbonyl (C=O) groups is 1. The molecular weight excluding hydrogens is 244 g/mol. The maximum Gasteiger partial charge on any atom is 0.240 e. The number of H-pyrrole nitrogens is 1. The SMILES string of the molecule is CC1(C)CN(C(=O)C2Cc3nc[nH]c3CN2)CCO1. The van der Waals surface area contributed by atoms with Crippen molar-refractivity contribution in [1.29, 1.82) is 0 Å². The van der Waals surface area contributed by atoms with Gasteiger partial charge in [-0.05, 0) is 13.8 Å². The van der Waals surface area contributed by atoms with Gasteiger partial charge in [0.15, 0.2) is 0 Å². The summed E-state index contributed by atoms with van der Waals surface area (Å²) in [6.45, 7) is 6.66. The van der Waals surface area contributed by atoms with Crippen LogP contribution in [-0.4, -0.2) is 52.1 Å². The van der Waals surface area contributed by atoms with Gasteiger partial charge in [-0.1, -0.05) is 0 Å². The number of aromatic nitrogens is 2. The lowest BCUT2D eigenvalue weighted by atomic mass is 10.0. The third kappa shape index (κ3) is 2.50. The van der Waals surface area contributed by atoms with E-state index in [0.29, 0.717) is 32.7 Å². The van der Waals surface area contributed by atoms with E-state index in [2.05, 4.69) is 15.3 Å². The highest BCUT2D eigenvalue weighted by molar-refractivity contribution is 5.82. The summed E-state index contributed by atoms with van der Waals surface area (Å²) in [6, 6.07) is -0.162. The van der Waals surface area contributed by atoms with Crippen LogP contribution in [0, 0.1) is 0 Å². The van der Waals surface area contributed by atoms with E-state index in [9.17, 15) is 4.79 Å². The summed E-state index contributed by atoms with van der Waals surface area (Å²) in [7, 11) is 0. The lowest BCUT2D eigenvalue weighted by Gasteiger charge is -2.40. The second-order valence-corrected chi connectivity index (χ2v) is 5.83. The van der Waals surface area contributed by atoms with Gasteiger partial charge in [-0.25, -0.2) is 4.98 Å². The Hall–Kier alpha value is -1.40. The van der Waals surface area contributed by atoms with Gasteiger partial charge in [-0.15, -0.1) is 0 Å². The number of hydrogen-bond acceptors (Lipinski definition) is 4. The summed E-state index contributed by atoms with van der Waals surface area (Å²) in [5.41, 5.74) is 1.84. The predicted molar refractivity (Wildman–Crippen MR) is 69.5 cm³/mol. The first kappa shape index (κ1) is 12.6. The molecule has 1 saturated heterocycles. The van der Waals surface area contributed by atoms with Crippen molar-refractivity contribution >= 4 is 5.91 Å². The minimum Gasteiger partial charge on any atom is -0.372 e. The van der Waals surface area contributed by atoms with Crippen molar-refractivity contribution < 1.29 is 9.53 Å². The average molecular weight is 264 g/mol. The maximum absolute atomic E-state index is 12.5. The Kier molecular flexibility index (Phi) is 3.06. The highest BCUT2D eigenvalue weighted by Gasteiger charge is 2.34. The molecule has 0 spiro atoms. The van der Waals surface area contributed by atoms with Crippen molar-refractivity contribution in [2.45, 2.75) is 38.5 Å². The Morgan fingerprint density at radius 3 is 3.21 bits per heavy atom. The average Bonchev–Trinajstić information content (AvgIpc) is 2.83. The molecule has 2 aliphatic heterocycles. The molecule has 6 nitrogen and oxygen atoms in total. The predicted octanol–water partition coefficient (Wildman–Crippen LogP) is 0.0614. The molecule has 2 aliphatic rings. The van der Waals surface area contributed by atoms with Gasteiger partial charge in [0.05, 0.1) is 36.0 Å². The molecule has 0 saturated carbocycles. The van der Waals surface area contributed by atoms with Gasteiger partial charge >= 0.3 is 0 Å². The largest absolute Gasteiger partial charge is 0.372 e. The molecule has 1 unspecified atom stereocenters. The van der Waals surface area contributed by atoms with Crippen LogP contribution >= 0.6 is 0 Å². The molecule has 2 N–H and O–H groups in total. The summed E-state index contributed by atoms with van der Waals surface area (Å²) in [6.07, 6.45) is 2.35. The first-order chi connectivity index (χ1) is 9.05. The molecule has 1 atom stereocenters. The van der Waals surface area contributed by atoms with Gasteiger partial charge in [-0.2, -0.15) is 0 Å². The van der Waals surface area contributed by atoms with Crippen LogP contribution in [-0.2, 0) is 22.5 Å². The summed E-state index contributed by atoms with van der Waals surface area (Å²) < 4.78 is 5.65. The third-order valence-corrected chi connectivity index (χ3v) is 3.77. The minimum absolute atomic E-state index is 0.157. The number of nitrogens with one attached hydrogen (secondary N) is 2. The van der Waals surface area contributed by atoms with E-state index in [1.54, 1.807) is 6.33 Å². The van der Waals surface area contributed by atoms with Crippen molar-refractivity contribution in [3.8, 4) is 0 Å². The number of imidazole rings is 1. The highest BCUT2D eigenvalue weighted by Crippen LogP contribution is 2.19. The van der Waals surface area contributed by atoms with Crippen LogP contribution in [0.1, 0.15) is 25.2 Å². The molecular formula is C13H20N4O2.